The van der Waals surface area contributed by atoms with Gasteiger partial charge in [-0.2, -0.15) is 0 Å². The van der Waals surface area contributed by atoms with Crippen molar-refractivity contribution in [3.8, 4) is 11.5 Å². The lowest BCUT2D eigenvalue weighted by molar-refractivity contribution is -0.139. The maximum atomic E-state index is 13.5. The fourth-order valence-electron chi connectivity index (χ4n) is 3.61. The third-order valence-corrected chi connectivity index (χ3v) is 6.83. The van der Waals surface area contributed by atoms with E-state index >= 15 is 0 Å². The number of hydrogen-bond donors (Lipinski definition) is 1. The van der Waals surface area contributed by atoms with Crippen LogP contribution in [0.5, 0.6) is 11.5 Å². The van der Waals surface area contributed by atoms with E-state index in [4.69, 9.17) is 21.1 Å². The number of fused-ring (bicyclic) bond motifs is 1. The van der Waals surface area contributed by atoms with Crippen molar-refractivity contribution in [2.24, 2.45) is 0 Å². The van der Waals surface area contributed by atoms with Crippen molar-refractivity contribution < 1.29 is 27.5 Å². The van der Waals surface area contributed by atoms with Gasteiger partial charge in [0.25, 0.3) is 0 Å². The molecule has 0 spiro atoms. The standard InChI is InChI=1S/C24H30ClN3O6S/c1-4-10-26-24(30)17(2)27(15-18-6-5-7-19(25)13-18)23(29)16-28(35(3,31)32)20-8-9-21-22(14-20)34-12-11-33-21/h5-9,13-14,17H,4,10-12,15-16H2,1-3H3,(H,26,30)/t17-/m1/s1. The Morgan fingerprint density at radius 1 is 1.11 bits per heavy atom. The molecule has 0 radical (unpaired) electrons. The first kappa shape index (κ1) is 26.6. The van der Waals surface area contributed by atoms with E-state index in [1.54, 1.807) is 43.3 Å². The van der Waals surface area contributed by atoms with Gasteiger partial charge >= 0.3 is 0 Å². The summed E-state index contributed by atoms with van der Waals surface area (Å²) in [4.78, 5) is 27.6. The molecule has 9 nitrogen and oxygen atoms in total. The number of rotatable bonds is 10. The molecule has 11 heteroatoms. The van der Waals surface area contributed by atoms with Gasteiger partial charge in [0, 0.05) is 24.2 Å². The van der Waals surface area contributed by atoms with Crippen LogP contribution < -0.4 is 19.1 Å². The van der Waals surface area contributed by atoms with E-state index in [1.807, 2.05) is 6.92 Å². The maximum absolute atomic E-state index is 13.5. The average Bonchev–Trinajstić information content (AvgIpc) is 2.82. The summed E-state index contributed by atoms with van der Waals surface area (Å²) >= 11 is 6.11. The van der Waals surface area contributed by atoms with E-state index in [2.05, 4.69) is 5.32 Å². The van der Waals surface area contributed by atoms with Crippen LogP contribution in [0.25, 0.3) is 0 Å². The predicted molar refractivity (Wildman–Crippen MR) is 134 cm³/mol. The van der Waals surface area contributed by atoms with Gasteiger partial charge in [-0.05, 0) is 43.2 Å². The number of carbonyl (C=O) groups excluding carboxylic acids is 2. The molecule has 3 rings (SSSR count). The molecule has 0 saturated carbocycles. The molecule has 1 aliphatic rings. The smallest absolute Gasteiger partial charge is 0.244 e. The Bertz CT molecular complexity index is 1170. The first-order valence-corrected chi connectivity index (χ1v) is 13.5. The molecule has 1 atom stereocenters. The van der Waals surface area contributed by atoms with Gasteiger partial charge in [0.15, 0.2) is 11.5 Å². The Balaban J connectivity index is 1.90. The predicted octanol–water partition coefficient (Wildman–Crippen LogP) is 2.82. The Labute approximate surface area is 211 Å². The summed E-state index contributed by atoms with van der Waals surface area (Å²) in [5.74, 6) is 0.0402. The van der Waals surface area contributed by atoms with Gasteiger partial charge in [-0.3, -0.25) is 13.9 Å². The molecule has 190 valence electrons. The van der Waals surface area contributed by atoms with E-state index in [9.17, 15) is 18.0 Å². The van der Waals surface area contributed by atoms with Crippen LogP contribution in [0.2, 0.25) is 5.02 Å². The molecule has 0 fully saturated rings. The van der Waals surface area contributed by atoms with E-state index in [1.165, 1.54) is 11.0 Å². The molecule has 2 aromatic rings. The Morgan fingerprint density at radius 2 is 1.83 bits per heavy atom. The third kappa shape index (κ3) is 7.02. The zero-order chi connectivity index (χ0) is 25.6. The van der Waals surface area contributed by atoms with Crippen molar-refractivity contribution in [2.75, 3.05) is 36.9 Å². The van der Waals surface area contributed by atoms with Crippen molar-refractivity contribution >= 4 is 39.1 Å². The van der Waals surface area contributed by atoms with Crippen LogP contribution in [-0.2, 0) is 26.2 Å². The molecule has 1 aliphatic heterocycles. The monoisotopic (exact) mass is 523 g/mol. The summed E-state index contributed by atoms with van der Waals surface area (Å²) in [5.41, 5.74) is 0.974. The van der Waals surface area contributed by atoms with E-state index in [0.29, 0.717) is 41.8 Å². The highest BCUT2D eigenvalue weighted by atomic mass is 35.5. The van der Waals surface area contributed by atoms with Crippen LogP contribution >= 0.6 is 11.6 Å². The Morgan fingerprint density at radius 3 is 2.49 bits per heavy atom. The number of nitrogens with zero attached hydrogens (tertiary/aromatic N) is 2. The van der Waals surface area contributed by atoms with Gasteiger partial charge < -0.3 is 19.7 Å². The second kappa shape index (κ2) is 11.6. The molecule has 2 amide bonds. The van der Waals surface area contributed by atoms with Gasteiger partial charge in [-0.25, -0.2) is 8.42 Å². The number of benzene rings is 2. The molecule has 0 aliphatic carbocycles. The number of carbonyl (C=O) groups is 2. The SMILES string of the molecule is CCCNC(=O)[C@@H](C)N(Cc1cccc(Cl)c1)C(=O)CN(c1ccc2c(c1)OCCO2)S(C)(=O)=O. The fraction of sp³-hybridized carbons (Fsp3) is 0.417. The van der Waals surface area contributed by atoms with Crippen LogP contribution in [-0.4, -0.2) is 63.7 Å². The highest BCUT2D eigenvalue weighted by Crippen LogP contribution is 2.34. The zero-order valence-corrected chi connectivity index (χ0v) is 21.6. The first-order valence-electron chi connectivity index (χ1n) is 11.3. The summed E-state index contributed by atoms with van der Waals surface area (Å²) in [5, 5.41) is 3.29. The molecule has 0 saturated heterocycles. The minimum Gasteiger partial charge on any atom is -0.486 e. The Hall–Kier alpha value is -2.98. The lowest BCUT2D eigenvalue weighted by atomic mass is 10.1. The van der Waals surface area contributed by atoms with Gasteiger partial charge in [-0.15, -0.1) is 0 Å². The van der Waals surface area contributed by atoms with E-state index in [-0.39, 0.29) is 18.1 Å². The molecule has 1 N–H and O–H groups in total. The summed E-state index contributed by atoms with van der Waals surface area (Å²) in [6, 6.07) is 10.8. The summed E-state index contributed by atoms with van der Waals surface area (Å²) in [6.07, 6.45) is 1.77. The molecule has 2 aromatic carbocycles. The molecule has 0 unspecified atom stereocenters. The van der Waals surface area contributed by atoms with E-state index in [0.717, 1.165) is 17.0 Å². The van der Waals surface area contributed by atoms with Crippen LogP contribution in [0.1, 0.15) is 25.8 Å². The van der Waals surface area contributed by atoms with Crippen LogP contribution in [0, 0.1) is 0 Å². The number of nitrogens with one attached hydrogen (secondary N) is 1. The molecular formula is C24H30ClN3O6S. The second-order valence-electron chi connectivity index (χ2n) is 8.22. The number of amides is 2. The van der Waals surface area contributed by atoms with Gasteiger partial charge in [0.2, 0.25) is 21.8 Å². The summed E-state index contributed by atoms with van der Waals surface area (Å²) in [6.45, 7) is 4.33. The van der Waals surface area contributed by atoms with E-state index < -0.39 is 28.5 Å². The first-order chi connectivity index (χ1) is 16.6. The van der Waals surface area contributed by atoms with Crippen LogP contribution in [0.15, 0.2) is 42.5 Å². The largest absolute Gasteiger partial charge is 0.486 e. The quantitative estimate of drug-likeness (QED) is 0.513. The lowest BCUT2D eigenvalue weighted by Gasteiger charge is -2.31. The van der Waals surface area contributed by atoms with Gasteiger partial charge in [-0.1, -0.05) is 30.7 Å². The van der Waals surface area contributed by atoms with Gasteiger partial charge in [0.1, 0.15) is 25.8 Å². The highest BCUT2D eigenvalue weighted by molar-refractivity contribution is 7.92. The minimum atomic E-state index is -3.84. The van der Waals surface area contributed by atoms with Gasteiger partial charge in [0.05, 0.1) is 11.9 Å². The molecule has 1 heterocycles. The molecule has 0 aromatic heterocycles. The molecule has 0 bridgehead atoms. The van der Waals surface area contributed by atoms with Crippen LogP contribution in [0.4, 0.5) is 5.69 Å². The minimum absolute atomic E-state index is 0.0822. The van der Waals surface area contributed by atoms with Crippen molar-refractivity contribution in [3.63, 3.8) is 0 Å². The number of sulfonamides is 1. The lowest BCUT2D eigenvalue weighted by Crippen LogP contribution is -2.51. The third-order valence-electron chi connectivity index (χ3n) is 5.45. The fourth-order valence-corrected chi connectivity index (χ4v) is 4.67. The van der Waals surface area contributed by atoms with Crippen LogP contribution in [0.3, 0.4) is 0 Å². The highest BCUT2D eigenvalue weighted by Gasteiger charge is 2.30. The number of halogens is 1. The topological polar surface area (TPSA) is 105 Å². The number of hydrogen-bond acceptors (Lipinski definition) is 6. The Kier molecular flexibility index (Phi) is 8.85. The summed E-state index contributed by atoms with van der Waals surface area (Å²) < 4.78 is 37.5. The number of ether oxygens (including phenoxy) is 2. The van der Waals surface area contributed by atoms with Crippen molar-refractivity contribution in [2.45, 2.75) is 32.9 Å². The van der Waals surface area contributed by atoms with Crippen molar-refractivity contribution in [3.05, 3.63) is 53.1 Å². The molecular weight excluding hydrogens is 494 g/mol. The molecule has 35 heavy (non-hydrogen) atoms. The average molecular weight is 524 g/mol. The van der Waals surface area contributed by atoms with Crippen molar-refractivity contribution in [1.82, 2.24) is 10.2 Å². The normalized spacial score (nSPS) is 13.6. The summed E-state index contributed by atoms with van der Waals surface area (Å²) in [7, 11) is -3.84. The number of anilines is 1. The zero-order valence-electron chi connectivity index (χ0n) is 20.0. The maximum Gasteiger partial charge on any atom is 0.244 e. The van der Waals surface area contributed by atoms with Crippen molar-refractivity contribution in [1.29, 1.82) is 0 Å². The second-order valence-corrected chi connectivity index (χ2v) is 10.6.